The Morgan fingerprint density at radius 2 is 1.62 bits per heavy atom. The summed E-state index contributed by atoms with van der Waals surface area (Å²) in [6.45, 7) is 6.60. The highest BCUT2D eigenvalue weighted by Crippen LogP contribution is 2.19. The number of carbonyl (C=O) groups excluding carboxylic acids is 2. The first-order valence-corrected chi connectivity index (χ1v) is 5.45. The van der Waals surface area contributed by atoms with Crippen LogP contribution >= 0.6 is 12.6 Å². The minimum atomic E-state index is -2.14. The summed E-state index contributed by atoms with van der Waals surface area (Å²) < 4.78 is 9.53. The highest BCUT2D eigenvalue weighted by atomic mass is 32.1. The lowest BCUT2D eigenvalue weighted by Gasteiger charge is -2.21. The molecular formula is C10H18O5S. The Hall–Kier alpha value is -0.750. The molecule has 0 radical (unpaired) electrons. The van der Waals surface area contributed by atoms with Crippen molar-refractivity contribution in [2.45, 2.75) is 51.3 Å². The van der Waals surface area contributed by atoms with Crippen LogP contribution in [0.25, 0.3) is 0 Å². The Bertz CT molecular complexity index is 260. The van der Waals surface area contributed by atoms with Gasteiger partial charge in [-0.3, -0.25) is 4.79 Å². The van der Waals surface area contributed by atoms with Crippen LogP contribution in [0.3, 0.4) is 0 Å². The number of hydrogen-bond acceptors (Lipinski definition) is 6. The minimum Gasteiger partial charge on any atom is -0.463 e. The van der Waals surface area contributed by atoms with E-state index in [-0.39, 0.29) is 12.2 Å². The second-order valence-corrected chi connectivity index (χ2v) is 4.73. The van der Waals surface area contributed by atoms with Crippen LogP contribution in [0.4, 0.5) is 0 Å². The summed E-state index contributed by atoms with van der Waals surface area (Å²) in [4.78, 5) is 20.4. The van der Waals surface area contributed by atoms with E-state index in [9.17, 15) is 14.7 Å². The number of carbonyl (C=O) groups is 2. The fraction of sp³-hybridized carbons (Fsp3) is 0.800. The summed E-state index contributed by atoms with van der Waals surface area (Å²) in [5.41, 5.74) is 0. The molecular weight excluding hydrogens is 232 g/mol. The van der Waals surface area contributed by atoms with E-state index < -0.39 is 23.3 Å². The number of ether oxygens (including phenoxy) is 2. The third-order valence-corrected chi connectivity index (χ3v) is 1.77. The monoisotopic (exact) mass is 250 g/mol. The lowest BCUT2D eigenvalue weighted by molar-refractivity contribution is -0.167. The molecule has 0 aliphatic heterocycles. The van der Waals surface area contributed by atoms with Crippen LogP contribution in [-0.4, -0.2) is 34.2 Å². The highest BCUT2D eigenvalue weighted by molar-refractivity contribution is 7.82. The van der Waals surface area contributed by atoms with E-state index in [1.165, 1.54) is 0 Å². The zero-order valence-electron chi connectivity index (χ0n) is 9.89. The lowest BCUT2D eigenvalue weighted by atomic mass is 10.2. The summed E-state index contributed by atoms with van der Waals surface area (Å²) in [5, 5.41) is 9.60. The molecule has 0 amide bonds. The van der Waals surface area contributed by atoms with E-state index >= 15 is 0 Å². The summed E-state index contributed by atoms with van der Waals surface area (Å²) in [5.74, 6) is -1.65. The van der Waals surface area contributed by atoms with Gasteiger partial charge in [0.1, 0.15) is 0 Å². The van der Waals surface area contributed by atoms with Crippen molar-refractivity contribution in [3.63, 3.8) is 0 Å². The predicted octanol–water partition coefficient (Wildman–Crippen LogP) is 0.898. The van der Waals surface area contributed by atoms with Gasteiger partial charge in [0.2, 0.25) is 4.93 Å². The second-order valence-electron chi connectivity index (χ2n) is 3.99. The van der Waals surface area contributed by atoms with Crippen LogP contribution in [0, 0.1) is 0 Å². The Morgan fingerprint density at radius 3 is 2.00 bits per heavy atom. The smallest absolute Gasteiger partial charge is 0.349 e. The number of aliphatic hydroxyl groups is 1. The van der Waals surface area contributed by atoms with Gasteiger partial charge in [0.15, 0.2) is 0 Å². The van der Waals surface area contributed by atoms with Gasteiger partial charge in [0.25, 0.3) is 0 Å². The van der Waals surface area contributed by atoms with Crippen LogP contribution in [0.1, 0.15) is 34.1 Å². The summed E-state index contributed by atoms with van der Waals surface area (Å²) in [6, 6.07) is 0. The van der Waals surface area contributed by atoms with Gasteiger partial charge in [-0.2, -0.15) is 0 Å². The molecule has 0 saturated carbocycles. The molecule has 0 aromatic rings. The Kier molecular flexibility index (Phi) is 5.81. The topological polar surface area (TPSA) is 72.8 Å². The van der Waals surface area contributed by atoms with Crippen molar-refractivity contribution in [1.29, 1.82) is 0 Å². The third-order valence-electron chi connectivity index (χ3n) is 1.43. The number of hydrogen-bond donors (Lipinski definition) is 2. The van der Waals surface area contributed by atoms with Gasteiger partial charge in [-0.15, -0.1) is 12.6 Å². The molecule has 0 saturated heterocycles. The second kappa shape index (κ2) is 6.10. The van der Waals surface area contributed by atoms with Gasteiger partial charge in [-0.05, 0) is 27.7 Å². The van der Waals surface area contributed by atoms with Crippen LogP contribution in [0.5, 0.6) is 0 Å². The van der Waals surface area contributed by atoms with Crippen LogP contribution in [0.15, 0.2) is 0 Å². The summed E-state index contributed by atoms with van der Waals surface area (Å²) in [7, 11) is 0. The third kappa shape index (κ3) is 5.97. The van der Waals surface area contributed by atoms with Gasteiger partial charge in [0, 0.05) is 0 Å². The fourth-order valence-corrected chi connectivity index (χ4v) is 1.07. The quantitative estimate of drug-likeness (QED) is 0.431. The standard InChI is InChI=1S/C10H18O5S/c1-6(2)14-8(11)5-10(13,16)9(12)15-7(3)4/h6-7,13,16H,5H2,1-4H3. The molecule has 0 heterocycles. The normalized spacial score (nSPS) is 14.8. The van der Waals surface area contributed by atoms with Crippen molar-refractivity contribution in [3.8, 4) is 0 Å². The largest absolute Gasteiger partial charge is 0.463 e. The van der Waals surface area contributed by atoms with Gasteiger partial charge >= 0.3 is 11.9 Å². The molecule has 16 heavy (non-hydrogen) atoms. The van der Waals surface area contributed by atoms with Crippen molar-refractivity contribution < 1.29 is 24.2 Å². The molecule has 5 nitrogen and oxygen atoms in total. The zero-order valence-corrected chi connectivity index (χ0v) is 10.8. The molecule has 6 heteroatoms. The van der Waals surface area contributed by atoms with Gasteiger partial charge in [-0.1, -0.05) is 0 Å². The van der Waals surface area contributed by atoms with E-state index in [0.29, 0.717) is 0 Å². The molecule has 1 N–H and O–H groups in total. The van der Waals surface area contributed by atoms with Crippen molar-refractivity contribution in [2.24, 2.45) is 0 Å². The maximum absolute atomic E-state index is 11.3. The first-order chi connectivity index (χ1) is 7.15. The van der Waals surface area contributed by atoms with Gasteiger partial charge < -0.3 is 14.6 Å². The summed E-state index contributed by atoms with van der Waals surface area (Å²) >= 11 is 3.70. The molecule has 0 fully saturated rings. The van der Waals surface area contributed by atoms with Crippen molar-refractivity contribution in [1.82, 2.24) is 0 Å². The van der Waals surface area contributed by atoms with E-state index in [1.807, 2.05) is 0 Å². The first-order valence-electron chi connectivity index (χ1n) is 5.00. The summed E-state index contributed by atoms with van der Waals surface area (Å²) in [6.07, 6.45) is -1.23. The van der Waals surface area contributed by atoms with Crippen molar-refractivity contribution in [2.75, 3.05) is 0 Å². The lowest BCUT2D eigenvalue weighted by Crippen LogP contribution is -2.38. The van der Waals surface area contributed by atoms with Gasteiger partial charge in [-0.25, -0.2) is 4.79 Å². The number of rotatable bonds is 5. The Labute approximate surface area is 101 Å². The van der Waals surface area contributed by atoms with E-state index in [1.54, 1.807) is 27.7 Å². The molecule has 0 aliphatic rings. The molecule has 1 unspecified atom stereocenters. The number of esters is 2. The predicted molar refractivity (Wildman–Crippen MR) is 61.0 cm³/mol. The van der Waals surface area contributed by atoms with Gasteiger partial charge in [0.05, 0.1) is 18.6 Å². The van der Waals surface area contributed by atoms with E-state index in [2.05, 4.69) is 12.6 Å². The van der Waals surface area contributed by atoms with E-state index in [4.69, 9.17) is 9.47 Å². The highest BCUT2D eigenvalue weighted by Gasteiger charge is 2.37. The Morgan fingerprint density at radius 1 is 1.19 bits per heavy atom. The van der Waals surface area contributed by atoms with Crippen LogP contribution < -0.4 is 0 Å². The Balaban J connectivity index is 4.33. The average molecular weight is 250 g/mol. The number of thiol groups is 1. The molecule has 0 aromatic heterocycles. The zero-order chi connectivity index (χ0) is 12.9. The fourth-order valence-electron chi connectivity index (χ4n) is 0.886. The molecule has 0 aliphatic carbocycles. The van der Waals surface area contributed by atoms with E-state index in [0.717, 1.165) is 0 Å². The molecule has 1 atom stereocenters. The minimum absolute atomic E-state index is 0.308. The molecule has 0 rings (SSSR count). The molecule has 0 aromatic carbocycles. The molecule has 94 valence electrons. The van der Waals surface area contributed by atoms with Crippen LogP contribution in [0.2, 0.25) is 0 Å². The van der Waals surface area contributed by atoms with Crippen LogP contribution in [-0.2, 0) is 19.1 Å². The first kappa shape index (κ1) is 15.2. The SMILES string of the molecule is CC(C)OC(=O)CC(O)(S)C(=O)OC(C)C. The van der Waals surface area contributed by atoms with Crippen molar-refractivity contribution in [3.05, 3.63) is 0 Å². The molecule has 0 bridgehead atoms. The molecule has 0 spiro atoms. The maximum Gasteiger partial charge on any atom is 0.349 e. The maximum atomic E-state index is 11.3. The van der Waals surface area contributed by atoms with Crippen molar-refractivity contribution >= 4 is 24.6 Å². The average Bonchev–Trinajstić information content (AvgIpc) is 1.98.